The van der Waals surface area contributed by atoms with Crippen LogP contribution in [0.15, 0.2) is 23.2 Å². The highest BCUT2D eigenvalue weighted by Gasteiger charge is 2.15. The molecule has 5 nitrogen and oxygen atoms in total. The molecule has 1 saturated carbocycles. The lowest BCUT2D eigenvalue weighted by Gasteiger charge is -2.17. The number of methoxy groups -OCH3 is 2. The second kappa shape index (κ2) is 8.51. The van der Waals surface area contributed by atoms with Gasteiger partial charge in [-0.05, 0) is 37.0 Å². The van der Waals surface area contributed by atoms with Gasteiger partial charge in [-0.15, -0.1) is 0 Å². The molecular weight excluding hydrogens is 278 g/mol. The fourth-order valence-corrected chi connectivity index (χ4v) is 2.82. The normalized spacial score (nSPS) is 15.7. The van der Waals surface area contributed by atoms with Crippen LogP contribution in [0.3, 0.4) is 0 Å². The van der Waals surface area contributed by atoms with Crippen molar-refractivity contribution in [2.75, 3.05) is 27.8 Å². The van der Waals surface area contributed by atoms with Crippen LogP contribution in [0.2, 0.25) is 0 Å². The van der Waals surface area contributed by atoms with Crippen LogP contribution in [0.4, 0.5) is 0 Å². The van der Waals surface area contributed by atoms with Gasteiger partial charge in [0.2, 0.25) is 0 Å². The summed E-state index contributed by atoms with van der Waals surface area (Å²) in [7, 11) is 5.13. The number of ether oxygens (including phenoxy) is 2. The third kappa shape index (κ3) is 4.55. The SMILES string of the molecule is CN=C(NCCc1ccc(OC)c(OC)c1)NC1CCCC1. The molecule has 1 aromatic rings. The predicted molar refractivity (Wildman–Crippen MR) is 90.0 cm³/mol. The first-order valence-corrected chi connectivity index (χ1v) is 7.95. The molecule has 2 rings (SSSR count). The standard InChI is InChI=1S/C17H27N3O2/c1-18-17(20-14-6-4-5-7-14)19-11-10-13-8-9-15(21-2)16(12-13)22-3/h8-9,12,14H,4-7,10-11H2,1-3H3,(H2,18,19,20). The van der Waals surface area contributed by atoms with Crippen molar-refractivity contribution in [3.8, 4) is 11.5 Å². The molecule has 1 aliphatic carbocycles. The maximum atomic E-state index is 5.33. The monoisotopic (exact) mass is 305 g/mol. The highest BCUT2D eigenvalue weighted by molar-refractivity contribution is 5.79. The van der Waals surface area contributed by atoms with Gasteiger partial charge in [-0.1, -0.05) is 18.9 Å². The van der Waals surface area contributed by atoms with Gasteiger partial charge in [-0.3, -0.25) is 4.99 Å². The van der Waals surface area contributed by atoms with E-state index >= 15 is 0 Å². The quantitative estimate of drug-likeness (QED) is 0.626. The number of rotatable bonds is 6. The highest BCUT2D eigenvalue weighted by Crippen LogP contribution is 2.27. The van der Waals surface area contributed by atoms with E-state index in [9.17, 15) is 0 Å². The van der Waals surface area contributed by atoms with Gasteiger partial charge in [-0.2, -0.15) is 0 Å². The van der Waals surface area contributed by atoms with Gasteiger partial charge in [0, 0.05) is 19.6 Å². The minimum atomic E-state index is 0.576. The van der Waals surface area contributed by atoms with E-state index < -0.39 is 0 Å². The highest BCUT2D eigenvalue weighted by atomic mass is 16.5. The van der Waals surface area contributed by atoms with Crippen molar-refractivity contribution >= 4 is 5.96 Å². The Hall–Kier alpha value is -1.91. The largest absolute Gasteiger partial charge is 0.493 e. The summed E-state index contributed by atoms with van der Waals surface area (Å²) in [4.78, 5) is 4.29. The summed E-state index contributed by atoms with van der Waals surface area (Å²) in [5.74, 6) is 2.43. The van der Waals surface area contributed by atoms with Crippen molar-refractivity contribution in [2.45, 2.75) is 38.1 Å². The lowest BCUT2D eigenvalue weighted by atomic mass is 10.1. The lowest BCUT2D eigenvalue weighted by Crippen LogP contribution is -2.42. The molecule has 122 valence electrons. The second-order valence-electron chi connectivity index (χ2n) is 5.56. The Labute approximate surface area is 133 Å². The van der Waals surface area contributed by atoms with Crippen molar-refractivity contribution in [3.63, 3.8) is 0 Å². The van der Waals surface area contributed by atoms with Crippen LogP contribution >= 0.6 is 0 Å². The van der Waals surface area contributed by atoms with E-state index in [-0.39, 0.29) is 0 Å². The molecule has 1 aromatic carbocycles. The van der Waals surface area contributed by atoms with Gasteiger partial charge in [0.25, 0.3) is 0 Å². The number of nitrogens with one attached hydrogen (secondary N) is 2. The zero-order chi connectivity index (χ0) is 15.8. The maximum absolute atomic E-state index is 5.33. The summed E-state index contributed by atoms with van der Waals surface area (Å²) >= 11 is 0. The topological polar surface area (TPSA) is 54.9 Å². The van der Waals surface area contributed by atoms with E-state index in [2.05, 4.69) is 21.7 Å². The van der Waals surface area contributed by atoms with Crippen molar-refractivity contribution in [2.24, 2.45) is 4.99 Å². The molecule has 0 heterocycles. The zero-order valence-corrected chi connectivity index (χ0v) is 13.8. The Morgan fingerprint density at radius 3 is 2.55 bits per heavy atom. The summed E-state index contributed by atoms with van der Waals surface area (Å²) < 4.78 is 10.6. The Morgan fingerprint density at radius 1 is 1.18 bits per heavy atom. The van der Waals surface area contributed by atoms with Gasteiger partial charge in [0.1, 0.15) is 0 Å². The molecule has 0 atom stereocenters. The molecule has 0 saturated heterocycles. The summed E-state index contributed by atoms with van der Waals surface area (Å²) in [6, 6.07) is 6.61. The van der Waals surface area contributed by atoms with Crippen LogP contribution in [0.5, 0.6) is 11.5 Å². The first-order valence-electron chi connectivity index (χ1n) is 7.95. The molecule has 22 heavy (non-hydrogen) atoms. The first-order chi connectivity index (χ1) is 10.8. The molecule has 1 fully saturated rings. The maximum Gasteiger partial charge on any atom is 0.191 e. The van der Waals surface area contributed by atoms with Crippen LogP contribution in [0, 0.1) is 0 Å². The average Bonchev–Trinajstić information content (AvgIpc) is 3.06. The molecule has 2 N–H and O–H groups in total. The summed E-state index contributed by atoms with van der Waals surface area (Å²) in [5.41, 5.74) is 1.21. The van der Waals surface area contributed by atoms with Crippen molar-refractivity contribution in [1.29, 1.82) is 0 Å². The number of aliphatic imine (C=N–C) groups is 1. The van der Waals surface area contributed by atoms with E-state index in [4.69, 9.17) is 9.47 Å². The van der Waals surface area contributed by atoms with Crippen LogP contribution in [-0.4, -0.2) is 39.8 Å². The number of benzene rings is 1. The van der Waals surface area contributed by atoms with E-state index in [0.717, 1.165) is 30.4 Å². The van der Waals surface area contributed by atoms with E-state index in [1.54, 1.807) is 14.2 Å². The summed E-state index contributed by atoms with van der Waals surface area (Å²) in [5, 5.41) is 6.86. The van der Waals surface area contributed by atoms with E-state index in [1.807, 2.05) is 19.2 Å². The van der Waals surface area contributed by atoms with E-state index in [0.29, 0.717) is 6.04 Å². The van der Waals surface area contributed by atoms with Crippen LogP contribution in [0.25, 0.3) is 0 Å². The fourth-order valence-electron chi connectivity index (χ4n) is 2.82. The van der Waals surface area contributed by atoms with Crippen LogP contribution < -0.4 is 20.1 Å². The molecule has 0 amide bonds. The van der Waals surface area contributed by atoms with E-state index in [1.165, 1.54) is 31.2 Å². The van der Waals surface area contributed by atoms with Crippen molar-refractivity contribution in [3.05, 3.63) is 23.8 Å². The fraction of sp³-hybridized carbons (Fsp3) is 0.588. The molecule has 0 bridgehead atoms. The Kier molecular flexibility index (Phi) is 6.37. The second-order valence-corrected chi connectivity index (χ2v) is 5.56. The first kappa shape index (κ1) is 16.5. The molecule has 0 spiro atoms. The minimum Gasteiger partial charge on any atom is -0.493 e. The number of hydrogen-bond donors (Lipinski definition) is 2. The average molecular weight is 305 g/mol. The molecule has 0 aliphatic heterocycles. The predicted octanol–water partition coefficient (Wildman–Crippen LogP) is 2.35. The van der Waals surface area contributed by atoms with Gasteiger partial charge in [-0.25, -0.2) is 0 Å². The Morgan fingerprint density at radius 2 is 1.91 bits per heavy atom. The van der Waals surface area contributed by atoms with Gasteiger partial charge in [0.15, 0.2) is 17.5 Å². The van der Waals surface area contributed by atoms with Crippen LogP contribution in [0.1, 0.15) is 31.2 Å². The molecule has 5 heteroatoms. The molecule has 0 aromatic heterocycles. The summed E-state index contributed by atoms with van der Waals surface area (Å²) in [6.07, 6.45) is 6.04. The molecular formula is C17H27N3O2. The zero-order valence-electron chi connectivity index (χ0n) is 13.8. The molecule has 0 unspecified atom stereocenters. The lowest BCUT2D eigenvalue weighted by molar-refractivity contribution is 0.354. The van der Waals surface area contributed by atoms with Crippen LogP contribution in [-0.2, 0) is 6.42 Å². The number of guanidine groups is 1. The third-order valence-electron chi connectivity index (χ3n) is 4.07. The van der Waals surface area contributed by atoms with Gasteiger partial charge < -0.3 is 20.1 Å². The molecule has 1 aliphatic rings. The minimum absolute atomic E-state index is 0.576. The Bertz CT molecular complexity index is 497. The number of nitrogens with zero attached hydrogens (tertiary/aromatic N) is 1. The molecule has 0 radical (unpaired) electrons. The van der Waals surface area contributed by atoms with Gasteiger partial charge >= 0.3 is 0 Å². The number of hydrogen-bond acceptors (Lipinski definition) is 3. The van der Waals surface area contributed by atoms with Crippen molar-refractivity contribution < 1.29 is 9.47 Å². The van der Waals surface area contributed by atoms with Gasteiger partial charge in [0.05, 0.1) is 14.2 Å². The van der Waals surface area contributed by atoms with Crippen molar-refractivity contribution in [1.82, 2.24) is 10.6 Å². The smallest absolute Gasteiger partial charge is 0.191 e. The Balaban J connectivity index is 1.81. The summed E-state index contributed by atoms with van der Waals surface area (Å²) in [6.45, 7) is 0.835. The third-order valence-corrected chi connectivity index (χ3v) is 4.07.